The molecule has 0 saturated heterocycles. The largest absolute Gasteiger partial charge is 0.343 e. The lowest BCUT2D eigenvalue weighted by atomic mass is 10.2. The lowest BCUT2D eigenvalue weighted by molar-refractivity contribution is -0.128. The fraction of sp³-hybridized carbons (Fsp3) is 0.588. The van der Waals surface area contributed by atoms with Crippen molar-refractivity contribution in [1.29, 1.82) is 0 Å². The van der Waals surface area contributed by atoms with E-state index in [-0.39, 0.29) is 11.9 Å². The van der Waals surface area contributed by atoms with Crippen molar-refractivity contribution in [1.82, 2.24) is 10.2 Å². The van der Waals surface area contributed by atoms with Crippen molar-refractivity contribution in [3.05, 3.63) is 29.8 Å². The van der Waals surface area contributed by atoms with Gasteiger partial charge in [-0.2, -0.15) is 0 Å². The Morgan fingerprint density at radius 1 is 1.19 bits per heavy atom. The molecular formula is C17H28N2OS. The summed E-state index contributed by atoms with van der Waals surface area (Å²) in [4.78, 5) is 14.9. The Balaban J connectivity index is 2.39. The number of rotatable bonds is 8. The van der Waals surface area contributed by atoms with Crippen molar-refractivity contribution >= 4 is 17.7 Å². The van der Waals surface area contributed by atoms with Gasteiger partial charge in [0.2, 0.25) is 5.91 Å². The van der Waals surface area contributed by atoms with E-state index >= 15 is 0 Å². The number of hydrogen-bond acceptors (Lipinski definition) is 3. The number of benzene rings is 1. The van der Waals surface area contributed by atoms with Crippen LogP contribution in [0, 0.1) is 5.92 Å². The molecule has 1 aromatic rings. The molecule has 0 bridgehead atoms. The van der Waals surface area contributed by atoms with Gasteiger partial charge in [0.15, 0.2) is 0 Å². The number of carbonyl (C=O) groups is 1. The molecular weight excluding hydrogens is 280 g/mol. The molecule has 21 heavy (non-hydrogen) atoms. The molecule has 0 saturated carbocycles. The highest BCUT2D eigenvalue weighted by atomic mass is 32.2. The average molecular weight is 308 g/mol. The van der Waals surface area contributed by atoms with Crippen molar-refractivity contribution in [2.45, 2.75) is 45.2 Å². The van der Waals surface area contributed by atoms with Crippen LogP contribution < -0.4 is 5.32 Å². The second kappa shape index (κ2) is 9.11. The lowest BCUT2D eigenvalue weighted by Gasteiger charge is -2.21. The normalized spacial score (nSPS) is 11.2. The molecule has 0 fully saturated rings. The molecule has 0 aromatic heterocycles. The maximum atomic E-state index is 11.9. The van der Waals surface area contributed by atoms with E-state index in [1.54, 1.807) is 16.7 Å². The van der Waals surface area contributed by atoms with E-state index in [1.807, 2.05) is 20.9 Å². The summed E-state index contributed by atoms with van der Waals surface area (Å²) in [5.41, 5.74) is 1.28. The number of nitrogens with zero attached hydrogens (tertiary/aromatic N) is 1. The van der Waals surface area contributed by atoms with Crippen LogP contribution in [-0.2, 0) is 11.3 Å². The van der Waals surface area contributed by atoms with Gasteiger partial charge >= 0.3 is 0 Å². The topological polar surface area (TPSA) is 32.3 Å². The minimum absolute atomic E-state index is 0.178. The highest BCUT2D eigenvalue weighted by molar-refractivity contribution is 8.00. The summed E-state index contributed by atoms with van der Waals surface area (Å²) < 4.78 is 0. The van der Waals surface area contributed by atoms with Crippen LogP contribution >= 0.6 is 11.8 Å². The van der Waals surface area contributed by atoms with Crippen molar-refractivity contribution in [3.8, 4) is 0 Å². The predicted molar refractivity (Wildman–Crippen MR) is 91.6 cm³/mol. The van der Waals surface area contributed by atoms with Crippen molar-refractivity contribution < 1.29 is 4.79 Å². The van der Waals surface area contributed by atoms with Crippen LogP contribution in [0.2, 0.25) is 0 Å². The molecule has 0 atom stereocenters. The molecule has 1 rings (SSSR count). The molecule has 1 amide bonds. The number of thioether (sulfide) groups is 1. The Morgan fingerprint density at radius 3 is 2.33 bits per heavy atom. The van der Waals surface area contributed by atoms with Crippen LogP contribution in [0.3, 0.4) is 0 Å². The molecule has 1 N–H and O–H groups in total. The van der Waals surface area contributed by atoms with Crippen LogP contribution in [0.5, 0.6) is 0 Å². The average Bonchev–Trinajstić information content (AvgIpc) is 2.44. The van der Waals surface area contributed by atoms with Crippen molar-refractivity contribution in [2.24, 2.45) is 5.92 Å². The van der Waals surface area contributed by atoms with Crippen molar-refractivity contribution in [3.63, 3.8) is 0 Å². The van der Waals surface area contributed by atoms with Crippen LogP contribution in [-0.4, -0.2) is 36.2 Å². The molecule has 0 aliphatic heterocycles. The number of carbonyl (C=O) groups excluding carboxylic acids is 1. The summed E-state index contributed by atoms with van der Waals surface area (Å²) in [5.74, 6) is 1.35. The third-order valence-electron chi connectivity index (χ3n) is 3.34. The monoisotopic (exact) mass is 308 g/mol. The first-order valence-electron chi connectivity index (χ1n) is 7.58. The van der Waals surface area contributed by atoms with Crippen molar-refractivity contribution in [2.75, 3.05) is 19.3 Å². The van der Waals surface area contributed by atoms with Crippen LogP contribution in [0.4, 0.5) is 0 Å². The Morgan fingerprint density at radius 2 is 1.81 bits per heavy atom. The van der Waals surface area contributed by atoms with Gasteiger partial charge in [-0.1, -0.05) is 26.0 Å². The highest BCUT2D eigenvalue weighted by Gasteiger charge is 2.11. The summed E-state index contributed by atoms with van der Waals surface area (Å²) in [6.45, 7) is 10.4. The summed E-state index contributed by atoms with van der Waals surface area (Å²) in [5, 5.41) is 3.43. The molecule has 0 aliphatic rings. The zero-order chi connectivity index (χ0) is 15.8. The molecule has 0 aliphatic carbocycles. The molecule has 0 heterocycles. The number of amides is 1. The van der Waals surface area contributed by atoms with Gasteiger partial charge in [-0.25, -0.2) is 0 Å². The molecule has 0 radical (unpaired) electrons. The molecule has 3 nitrogen and oxygen atoms in total. The Kier molecular flexibility index (Phi) is 7.83. The molecule has 0 unspecified atom stereocenters. The summed E-state index contributed by atoms with van der Waals surface area (Å²) in [6, 6.07) is 8.71. The van der Waals surface area contributed by atoms with Gasteiger partial charge in [0.25, 0.3) is 0 Å². The second-order valence-corrected chi connectivity index (χ2v) is 7.10. The fourth-order valence-electron chi connectivity index (χ4n) is 1.74. The van der Waals surface area contributed by atoms with E-state index < -0.39 is 0 Å². The summed E-state index contributed by atoms with van der Waals surface area (Å²) >= 11 is 1.60. The zero-order valence-corrected chi connectivity index (χ0v) is 14.7. The third kappa shape index (κ3) is 7.00. The standard InChI is InChI=1S/C17H28N2OS/c1-13(2)10-18-11-15-6-8-16(9-7-15)21-12-17(20)19(5)14(3)4/h6-9,13-14,18H,10-12H2,1-5H3. The maximum Gasteiger partial charge on any atom is 0.232 e. The minimum atomic E-state index is 0.178. The quantitative estimate of drug-likeness (QED) is 0.747. The first kappa shape index (κ1) is 18.1. The smallest absolute Gasteiger partial charge is 0.232 e. The molecule has 0 spiro atoms. The second-order valence-electron chi connectivity index (χ2n) is 6.06. The maximum absolute atomic E-state index is 11.9. The first-order valence-corrected chi connectivity index (χ1v) is 8.56. The first-order chi connectivity index (χ1) is 9.90. The Labute approximate surface area is 133 Å². The number of nitrogens with one attached hydrogen (secondary N) is 1. The van der Waals surface area contributed by atoms with Crippen LogP contribution in [0.25, 0.3) is 0 Å². The summed E-state index contributed by atoms with van der Waals surface area (Å²) in [7, 11) is 1.86. The van der Waals surface area contributed by atoms with E-state index in [2.05, 4.69) is 43.4 Å². The summed E-state index contributed by atoms with van der Waals surface area (Å²) in [6.07, 6.45) is 0. The van der Waals surface area contributed by atoms with E-state index in [1.165, 1.54) is 5.56 Å². The third-order valence-corrected chi connectivity index (χ3v) is 4.33. The molecule has 118 valence electrons. The number of hydrogen-bond donors (Lipinski definition) is 1. The molecule has 1 aromatic carbocycles. The van der Waals surface area contributed by atoms with E-state index in [9.17, 15) is 4.79 Å². The molecule has 4 heteroatoms. The van der Waals surface area contributed by atoms with E-state index in [4.69, 9.17) is 0 Å². The van der Waals surface area contributed by atoms with E-state index in [0.29, 0.717) is 11.7 Å². The van der Waals surface area contributed by atoms with Gasteiger partial charge in [-0.05, 0) is 44.0 Å². The fourth-order valence-corrected chi connectivity index (χ4v) is 2.57. The SMILES string of the molecule is CC(C)CNCc1ccc(SCC(=O)N(C)C(C)C)cc1. The Hall–Kier alpha value is -1.00. The van der Waals surface area contributed by atoms with Crippen LogP contribution in [0.15, 0.2) is 29.2 Å². The highest BCUT2D eigenvalue weighted by Crippen LogP contribution is 2.19. The Bertz CT molecular complexity index is 429. The van der Waals surface area contributed by atoms with Gasteiger partial charge in [0.1, 0.15) is 0 Å². The van der Waals surface area contributed by atoms with Gasteiger partial charge < -0.3 is 10.2 Å². The lowest BCUT2D eigenvalue weighted by Crippen LogP contribution is -2.34. The predicted octanol–water partition coefficient (Wildman–Crippen LogP) is 3.39. The van der Waals surface area contributed by atoms with E-state index in [0.717, 1.165) is 18.0 Å². The van der Waals surface area contributed by atoms with Gasteiger partial charge in [-0.3, -0.25) is 4.79 Å². The minimum Gasteiger partial charge on any atom is -0.343 e. The van der Waals surface area contributed by atoms with Gasteiger partial charge in [0.05, 0.1) is 5.75 Å². The van der Waals surface area contributed by atoms with Crippen LogP contribution in [0.1, 0.15) is 33.3 Å². The zero-order valence-electron chi connectivity index (χ0n) is 13.8. The van der Waals surface area contributed by atoms with Gasteiger partial charge in [0, 0.05) is 24.5 Å². The van der Waals surface area contributed by atoms with Gasteiger partial charge in [-0.15, -0.1) is 11.8 Å².